The average Bonchev–Trinajstić information content (AvgIpc) is 2.86. The second kappa shape index (κ2) is 7.36. The summed E-state index contributed by atoms with van der Waals surface area (Å²) in [6.07, 6.45) is 2.91. The van der Waals surface area contributed by atoms with Crippen molar-refractivity contribution in [1.82, 2.24) is 9.88 Å². The quantitative estimate of drug-likeness (QED) is 0.687. The minimum absolute atomic E-state index is 0.0106. The molecule has 1 aromatic heterocycles. The van der Waals surface area contributed by atoms with E-state index in [9.17, 15) is 4.79 Å². The molecule has 0 aliphatic heterocycles. The maximum atomic E-state index is 12.5. The van der Waals surface area contributed by atoms with Gasteiger partial charge in [0.2, 0.25) is 0 Å². The summed E-state index contributed by atoms with van der Waals surface area (Å²) in [6, 6.07) is 14.4. The Hall–Kier alpha value is -2.20. The molecule has 1 heterocycles. The Morgan fingerprint density at radius 3 is 2.52 bits per heavy atom. The Kier molecular flexibility index (Phi) is 5.19. The van der Waals surface area contributed by atoms with Crippen LogP contribution >= 0.6 is 11.8 Å². The molecular formula is C21H24N2OS. The number of rotatable bonds is 5. The molecule has 1 N–H and O–H groups in total. The smallest absolute Gasteiger partial charge is 0.251 e. The second-order valence-corrected chi connectivity index (χ2v) is 7.23. The molecule has 3 rings (SSSR count). The lowest BCUT2D eigenvalue weighted by molar-refractivity contribution is 0.0954. The summed E-state index contributed by atoms with van der Waals surface area (Å²) in [5, 5.41) is 4.18. The van der Waals surface area contributed by atoms with E-state index in [1.165, 1.54) is 27.2 Å². The Morgan fingerprint density at radius 2 is 1.84 bits per heavy atom. The van der Waals surface area contributed by atoms with E-state index in [0.29, 0.717) is 6.54 Å². The van der Waals surface area contributed by atoms with Crippen molar-refractivity contribution in [1.29, 1.82) is 0 Å². The standard InChI is InChI=1S/C21H24N2OS/c1-14-15(2)23(3)20-10-7-17(13-19(14)20)21(24)22-12-11-16-5-8-18(25-4)9-6-16/h5-10,13H,11-12H2,1-4H3,(H,22,24). The number of nitrogens with zero attached hydrogens (tertiary/aromatic N) is 1. The normalized spacial score (nSPS) is 11.0. The van der Waals surface area contributed by atoms with Crippen molar-refractivity contribution in [2.24, 2.45) is 7.05 Å². The number of thioether (sulfide) groups is 1. The van der Waals surface area contributed by atoms with Crippen molar-refractivity contribution < 1.29 is 4.79 Å². The summed E-state index contributed by atoms with van der Waals surface area (Å²) in [5.74, 6) is -0.0106. The zero-order valence-corrected chi connectivity index (χ0v) is 16.0. The molecule has 0 saturated carbocycles. The minimum atomic E-state index is -0.0106. The van der Waals surface area contributed by atoms with E-state index in [4.69, 9.17) is 0 Å². The molecule has 3 nitrogen and oxygen atoms in total. The zero-order valence-electron chi connectivity index (χ0n) is 15.2. The molecule has 0 aliphatic carbocycles. The van der Waals surface area contributed by atoms with E-state index in [-0.39, 0.29) is 5.91 Å². The number of benzene rings is 2. The van der Waals surface area contributed by atoms with Crippen LogP contribution in [-0.2, 0) is 13.5 Å². The fraction of sp³-hybridized carbons (Fsp3) is 0.286. The Labute approximate surface area is 153 Å². The van der Waals surface area contributed by atoms with E-state index in [1.807, 2.05) is 18.2 Å². The second-order valence-electron chi connectivity index (χ2n) is 6.36. The van der Waals surface area contributed by atoms with Crippen LogP contribution in [0.2, 0.25) is 0 Å². The molecule has 25 heavy (non-hydrogen) atoms. The molecular weight excluding hydrogens is 328 g/mol. The minimum Gasteiger partial charge on any atom is -0.352 e. The van der Waals surface area contributed by atoms with Gasteiger partial charge in [-0.3, -0.25) is 4.79 Å². The van der Waals surface area contributed by atoms with E-state index in [0.717, 1.165) is 17.4 Å². The number of hydrogen-bond donors (Lipinski definition) is 1. The summed E-state index contributed by atoms with van der Waals surface area (Å²) >= 11 is 1.74. The van der Waals surface area contributed by atoms with Gasteiger partial charge in [-0.15, -0.1) is 11.8 Å². The number of carbonyl (C=O) groups is 1. The van der Waals surface area contributed by atoms with Crippen molar-refractivity contribution >= 4 is 28.6 Å². The van der Waals surface area contributed by atoms with E-state index in [1.54, 1.807) is 11.8 Å². The number of aryl methyl sites for hydroxylation is 2. The van der Waals surface area contributed by atoms with E-state index >= 15 is 0 Å². The van der Waals surface area contributed by atoms with Gasteiger partial charge in [-0.25, -0.2) is 0 Å². The molecule has 2 aromatic carbocycles. The van der Waals surface area contributed by atoms with E-state index in [2.05, 4.69) is 61.3 Å². The molecule has 0 spiro atoms. The number of nitrogens with one attached hydrogen (secondary N) is 1. The first-order chi connectivity index (χ1) is 12.0. The third kappa shape index (κ3) is 3.59. The molecule has 1 amide bonds. The van der Waals surface area contributed by atoms with Crippen LogP contribution in [0.3, 0.4) is 0 Å². The van der Waals surface area contributed by atoms with Gasteiger partial charge in [0.15, 0.2) is 0 Å². The van der Waals surface area contributed by atoms with Gasteiger partial charge in [0.1, 0.15) is 0 Å². The molecule has 0 radical (unpaired) electrons. The van der Waals surface area contributed by atoms with Crippen LogP contribution in [0.15, 0.2) is 47.4 Å². The predicted octanol–water partition coefficient (Wildman–Crippen LogP) is 4.49. The molecule has 0 saturated heterocycles. The van der Waals surface area contributed by atoms with Crippen molar-refractivity contribution in [2.75, 3.05) is 12.8 Å². The molecule has 0 atom stereocenters. The van der Waals surface area contributed by atoms with Crippen LogP contribution in [0.4, 0.5) is 0 Å². The fourth-order valence-electron chi connectivity index (χ4n) is 3.11. The van der Waals surface area contributed by atoms with Crippen molar-refractivity contribution in [2.45, 2.75) is 25.2 Å². The van der Waals surface area contributed by atoms with Gasteiger partial charge in [-0.1, -0.05) is 12.1 Å². The average molecular weight is 353 g/mol. The van der Waals surface area contributed by atoms with Gasteiger partial charge in [0, 0.05) is 40.6 Å². The molecule has 4 heteroatoms. The molecule has 3 aromatic rings. The molecule has 0 fully saturated rings. The van der Waals surface area contributed by atoms with Gasteiger partial charge in [0.25, 0.3) is 5.91 Å². The number of aromatic nitrogens is 1. The fourth-order valence-corrected chi connectivity index (χ4v) is 3.52. The maximum Gasteiger partial charge on any atom is 0.251 e. The van der Waals surface area contributed by atoms with Crippen LogP contribution in [0, 0.1) is 13.8 Å². The van der Waals surface area contributed by atoms with E-state index < -0.39 is 0 Å². The summed E-state index contributed by atoms with van der Waals surface area (Å²) in [7, 11) is 2.06. The van der Waals surface area contributed by atoms with Crippen LogP contribution in [0.25, 0.3) is 10.9 Å². The van der Waals surface area contributed by atoms with Gasteiger partial charge >= 0.3 is 0 Å². The molecule has 0 unspecified atom stereocenters. The third-order valence-electron chi connectivity index (χ3n) is 4.93. The Balaban J connectivity index is 1.66. The third-order valence-corrected chi connectivity index (χ3v) is 5.67. The van der Waals surface area contributed by atoms with Crippen molar-refractivity contribution in [3.8, 4) is 0 Å². The topological polar surface area (TPSA) is 34.0 Å². The highest BCUT2D eigenvalue weighted by molar-refractivity contribution is 7.98. The highest BCUT2D eigenvalue weighted by atomic mass is 32.2. The molecule has 0 bridgehead atoms. The Morgan fingerprint density at radius 1 is 1.12 bits per heavy atom. The highest BCUT2D eigenvalue weighted by Crippen LogP contribution is 2.25. The Bertz CT molecular complexity index is 910. The molecule has 0 aliphatic rings. The molecule has 130 valence electrons. The monoisotopic (exact) mass is 352 g/mol. The summed E-state index contributed by atoms with van der Waals surface area (Å²) in [4.78, 5) is 13.7. The largest absolute Gasteiger partial charge is 0.352 e. The lowest BCUT2D eigenvalue weighted by atomic mass is 10.1. The summed E-state index contributed by atoms with van der Waals surface area (Å²) < 4.78 is 2.17. The zero-order chi connectivity index (χ0) is 18.0. The van der Waals surface area contributed by atoms with Crippen molar-refractivity contribution in [3.05, 3.63) is 64.8 Å². The van der Waals surface area contributed by atoms with Crippen LogP contribution in [0.1, 0.15) is 27.2 Å². The van der Waals surface area contributed by atoms with Crippen LogP contribution in [-0.4, -0.2) is 23.3 Å². The lowest BCUT2D eigenvalue weighted by Gasteiger charge is -2.07. The van der Waals surface area contributed by atoms with Crippen LogP contribution in [0.5, 0.6) is 0 Å². The first kappa shape index (κ1) is 17.6. The number of carbonyl (C=O) groups excluding carboxylic acids is 1. The summed E-state index contributed by atoms with van der Waals surface area (Å²) in [5.41, 5.74) is 5.60. The van der Waals surface area contributed by atoms with Crippen LogP contribution < -0.4 is 5.32 Å². The first-order valence-electron chi connectivity index (χ1n) is 8.48. The van der Waals surface area contributed by atoms with Crippen molar-refractivity contribution in [3.63, 3.8) is 0 Å². The number of fused-ring (bicyclic) bond motifs is 1. The summed E-state index contributed by atoms with van der Waals surface area (Å²) in [6.45, 7) is 4.86. The SMILES string of the molecule is CSc1ccc(CCNC(=O)c2ccc3c(c2)c(C)c(C)n3C)cc1. The number of hydrogen-bond acceptors (Lipinski definition) is 2. The van der Waals surface area contributed by atoms with Gasteiger partial charge in [-0.2, -0.15) is 0 Å². The number of amides is 1. The first-order valence-corrected chi connectivity index (χ1v) is 9.70. The lowest BCUT2D eigenvalue weighted by Crippen LogP contribution is -2.25. The van der Waals surface area contributed by atoms with Gasteiger partial charge in [0.05, 0.1) is 0 Å². The predicted molar refractivity (Wildman–Crippen MR) is 107 cm³/mol. The van der Waals surface area contributed by atoms with Gasteiger partial charge in [-0.05, 0) is 68.0 Å². The maximum absolute atomic E-state index is 12.5. The van der Waals surface area contributed by atoms with Gasteiger partial charge < -0.3 is 9.88 Å². The highest BCUT2D eigenvalue weighted by Gasteiger charge is 2.11.